The molecular weight excluding hydrogens is 405 g/mol. The van der Waals surface area contributed by atoms with Crippen molar-refractivity contribution >= 4 is 21.6 Å². The largest absolute Gasteiger partial charge is 0.376 e. The summed E-state index contributed by atoms with van der Waals surface area (Å²) in [5.74, 6) is -0.489. The maximum atomic E-state index is 13.1. The third-order valence-corrected chi connectivity index (χ3v) is 7.47. The number of halogens is 1. The molecule has 164 valence electrons. The fraction of sp³-hybridized carbons (Fsp3) is 0.409. The molecule has 0 radical (unpaired) electrons. The second-order valence-electron chi connectivity index (χ2n) is 7.16. The van der Waals surface area contributed by atoms with E-state index in [-0.39, 0.29) is 29.2 Å². The minimum absolute atomic E-state index is 0.00977. The van der Waals surface area contributed by atoms with Crippen LogP contribution in [-0.4, -0.2) is 50.2 Å². The van der Waals surface area contributed by atoms with Gasteiger partial charge in [0.15, 0.2) is 0 Å². The second-order valence-corrected chi connectivity index (χ2v) is 9.06. The summed E-state index contributed by atoms with van der Waals surface area (Å²) in [5.41, 5.74) is 2.04. The number of likely N-dealkylation sites (N-methyl/N-ethyl adjacent to an activating group) is 1. The first kappa shape index (κ1) is 23.8. The highest BCUT2D eigenvalue weighted by atomic mass is 32.2. The highest BCUT2D eigenvalue weighted by Crippen LogP contribution is 2.24. The zero-order valence-corrected chi connectivity index (χ0v) is 19.0. The van der Waals surface area contributed by atoms with Crippen molar-refractivity contribution in [2.75, 3.05) is 32.0 Å². The van der Waals surface area contributed by atoms with E-state index in [0.29, 0.717) is 24.3 Å². The average Bonchev–Trinajstić information content (AvgIpc) is 2.72. The van der Waals surface area contributed by atoms with Gasteiger partial charge in [0.2, 0.25) is 15.9 Å². The minimum Gasteiger partial charge on any atom is -0.376 e. The van der Waals surface area contributed by atoms with Gasteiger partial charge < -0.3 is 10.2 Å². The molecule has 1 N–H and O–H groups in total. The Hall–Kier alpha value is -2.45. The van der Waals surface area contributed by atoms with Gasteiger partial charge in [0.25, 0.3) is 0 Å². The molecule has 0 bridgehead atoms. The normalized spacial score (nSPS) is 12.6. The molecule has 0 spiro atoms. The van der Waals surface area contributed by atoms with Gasteiger partial charge >= 0.3 is 0 Å². The molecule has 0 aliphatic rings. The second kappa shape index (κ2) is 10.0. The predicted molar refractivity (Wildman–Crippen MR) is 117 cm³/mol. The lowest BCUT2D eigenvalue weighted by atomic mass is 10.1. The SMILES string of the molecule is CCN(CC)S(=O)(=O)c1cc(NCC(=O)N(C)C(C)c2ccc(F)cc2)ccc1C. The Morgan fingerprint density at radius 2 is 1.70 bits per heavy atom. The van der Waals surface area contributed by atoms with Crippen molar-refractivity contribution in [2.24, 2.45) is 0 Å². The summed E-state index contributed by atoms with van der Waals surface area (Å²) in [6.45, 7) is 8.01. The number of sulfonamides is 1. The number of anilines is 1. The maximum Gasteiger partial charge on any atom is 0.243 e. The Morgan fingerprint density at radius 3 is 2.27 bits per heavy atom. The molecule has 8 heteroatoms. The topological polar surface area (TPSA) is 69.7 Å². The van der Waals surface area contributed by atoms with Crippen LogP contribution in [0.15, 0.2) is 47.4 Å². The fourth-order valence-corrected chi connectivity index (χ4v) is 4.88. The number of rotatable bonds is 9. The van der Waals surface area contributed by atoms with Crippen LogP contribution in [0.4, 0.5) is 10.1 Å². The summed E-state index contributed by atoms with van der Waals surface area (Å²) in [4.78, 5) is 14.4. The predicted octanol–water partition coefficient (Wildman–Crippen LogP) is 3.80. The summed E-state index contributed by atoms with van der Waals surface area (Å²) >= 11 is 0. The number of benzene rings is 2. The summed E-state index contributed by atoms with van der Waals surface area (Å²) in [6, 6.07) is 10.9. The number of nitrogens with zero attached hydrogens (tertiary/aromatic N) is 2. The van der Waals surface area contributed by atoms with Crippen LogP contribution in [0.3, 0.4) is 0 Å². The zero-order chi connectivity index (χ0) is 22.5. The lowest BCUT2D eigenvalue weighted by Gasteiger charge is -2.26. The Bertz CT molecular complexity index is 974. The van der Waals surface area contributed by atoms with Gasteiger partial charge in [-0.25, -0.2) is 12.8 Å². The fourth-order valence-electron chi connectivity index (χ4n) is 3.17. The lowest BCUT2D eigenvalue weighted by molar-refractivity contribution is -0.129. The van der Waals surface area contributed by atoms with Crippen LogP contribution in [0.2, 0.25) is 0 Å². The zero-order valence-electron chi connectivity index (χ0n) is 18.1. The quantitative estimate of drug-likeness (QED) is 0.651. The third-order valence-electron chi connectivity index (χ3n) is 5.28. The smallest absolute Gasteiger partial charge is 0.243 e. The molecule has 0 saturated heterocycles. The molecule has 0 heterocycles. The molecule has 6 nitrogen and oxygen atoms in total. The summed E-state index contributed by atoms with van der Waals surface area (Å²) < 4.78 is 40.3. The number of amides is 1. The molecule has 2 aromatic carbocycles. The number of aryl methyl sites for hydroxylation is 1. The van der Waals surface area contributed by atoms with Crippen LogP contribution in [0.25, 0.3) is 0 Å². The van der Waals surface area contributed by atoms with Gasteiger partial charge in [0.1, 0.15) is 5.82 Å². The van der Waals surface area contributed by atoms with Crippen LogP contribution in [0.1, 0.15) is 37.9 Å². The van der Waals surface area contributed by atoms with Crippen LogP contribution < -0.4 is 5.32 Å². The van der Waals surface area contributed by atoms with Crippen LogP contribution in [0.5, 0.6) is 0 Å². The molecule has 1 unspecified atom stereocenters. The monoisotopic (exact) mass is 435 g/mol. The van der Waals surface area contributed by atoms with Gasteiger partial charge in [-0.15, -0.1) is 0 Å². The Balaban J connectivity index is 2.12. The molecule has 0 aliphatic heterocycles. The first-order valence-corrected chi connectivity index (χ1v) is 11.4. The van der Waals surface area contributed by atoms with Crippen molar-refractivity contribution in [1.82, 2.24) is 9.21 Å². The van der Waals surface area contributed by atoms with E-state index in [1.165, 1.54) is 16.4 Å². The van der Waals surface area contributed by atoms with E-state index >= 15 is 0 Å². The van der Waals surface area contributed by atoms with Crippen LogP contribution in [0, 0.1) is 12.7 Å². The summed E-state index contributed by atoms with van der Waals surface area (Å²) in [6.07, 6.45) is 0. The van der Waals surface area contributed by atoms with E-state index in [4.69, 9.17) is 0 Å². The first-order chi connectivity index (χ1) is 14.1. The molecule has 2 rings (SSSR count). The number of carbonyl (C=O) groups is 1. The lowest BCUT2D eigenvalue weighted by Crippen LogP contribution is -2.34. The number of nitrogens with one attached hydrogen (secondary N) is 1. The molecular formula is C22H30FN3O3S. The molecule has 1 atom stereocenters. The Morgan fingerprint density at radius 1 is 1.10 bits per heavy atom. The van der Waals surface area contributed by atoms with E-state index in [0.717, 1.165) is 5.56 Å². The molecule has 0 fully saturated rings. The minimum atomic E-state index is -3.59. The maximum absolute atomic E-state index is 13.1. The van der Waals surface area contributed by atoms with Crippen molar-refractivity contribution in [3.05, 3.63) is 59.4 Å². The van der Waals surface area contributed by atoms with Crippen LogP contribution >= 0.6 is 0 Å². The molecule has 0 saturated carbocycles. The third kappa shape index (κ3) is 5.37. The molecule has 0 aliphatic carbocycles. The van der Waals surface area contributed by atoms with Crippen molar-refractivity contribution in [3.63, 3.8) is 0 Å². The average molecular weight is 436 g/mol. The molecule has 30 heavy (non-hydrogen) atoms. The van der Waals surface area contributed by atoms with E-state index in [2.05, 4.69) is 5.32 Å². The number of hydrogen-bond acceptors (Lipinski definition) is 4. The van der Waals surface area contributed by atoms with Crippen molar-refractivity contribution in [3.8, 4) is 0 Å². The van der Waals surface area contributed by atoms with E-state index in [9.17, 15) is 17.6 Å². The highest BCUT2D eigenvalue weighted by Gasteiger charge is 2.24. The van der Waals surface area contributed by atoms with Gasteiger partial charge in [-0.1, -0.05) is 32.0 Å². The van der Waals surface area contributed by atoms with E-state index in [1.807, 2.05) is 6.92 Å². The molecule has 0 aromatic heterocycles. The Labute approximate surface area is 178 Å². The number of hydrogen-bond donors (Lipinski definition) is 1. The van der Waals surface area contributed by atoms with Gasteiger partial charge in [0.05, 0.1) is 17.5 Å². The van der Waals surface area contributed by atoms with Crippen LogP contribution in [-0.2, 0) is 14.8 Å². The summed E-state index contributed by atoms with van der Waals surface area (Å²) in [5, 5.41) is 3.02. The standard InChI is InChI=1S/C22H30FN3O3S/c1-6-26(7-2)30(28,29)21-14-20(13-8-16(21)3)24-15-22(27)25(5)17(4)18-9-11-19(23)12-10-18/h8-14,17,24H,6-7,15H2,1-5H3. The van der Waals surface area contributed by atoms with Crippen molar-refractivity contribution < 1.29 is 17.6 Å². The highest BCUT2D eigenvalue weighted by molar-refractivity contribution is 7.89. The van der Waals surface area contributed by atoms with Gasteiger partial charge in [0, 0.05) is 25.8 Å². The van der Waals surface area contributed by atoms with E-state index in [1.54, 1.807) is 63.1 Å². The first-order valence-electron chi connectivity index (χ1n) is 9.97. The Kier molecular flexibility index (Phi) is 7.97. The summed E-state index contributed by atoms with van der Waals surface area (Å²) in [7, 11) is -1.91. The van der Waals surface area contributed by atoms with E-state index < -0.39 is 10.0 Å². The van der Waals surface area contributed by atoms with Crippen molar-refractivity contribution in [2.45, 2.75) is 38.6 Å². The molecule has 2 aromatic rings. The van der Waals surface area contributed by atoms with Crippen molar-refractivity contribution in [1.29, 1.82) is 0 Å². The molecule has 1 amide bonds. The van der Waals surface area contributed by atoms with Gasteiger partial charge in [-0.05, 0) is 49.2 Å². The van der Waals surface area contributed by atoms with Gasteiger partial charge in [-0.3, -0.25) is 4.79 Å². The number of carbonyl (C=O) groups excluding carboxylic acids is 1. The van der Waals surface area contributed by atoms with Gasteiger partial charge in [-0.2, -0.15) is 4.31 Å².